The normalized spacial score (nSPS) is 11.8. The maximum absolute atomic E-state index is 13.5. The van der Waals surface area contributed by atoms with Crippen molar-refractivity contribution in [2.24, 2.45) is 0 Å². The number of hydrogen-bond acceptors (Lipinski definition) is 3. The summed E-state index contributed by atoms with van der Waals surface area (Å²) in [4.78, 5) is 0. The van der Waals surface area contributed by atoms with Gasteiger partial charge in [-0.25, -0.2) is 0 Å². The van der Waals surface area contributed by atoms with E-state index in [2.05, 4.69) is 54.6 Å². The summed E-state index contributed by atoms with van der Waals surface area (Å²) in [6.45, 7) is 4.02. The molecule has 1 aliphatic rings. The van der Waals surface area contributed by atoms with Gasteiger partial charge in [0.2, 0.25) is 0 Å². The van der Waals surface area contributed by atoms with Gasteiger partial charge in [0, 0.05) is 0 Å². The predicted octanol–water partition coefficient (Wildman–Crippen LogP) is 14.2. The SMILES string of the molecule is Cc1cc(C#N)ccc1-c1cc2c3cc4c(cc3c(-c3ccc(C#N)cc3C)cc2c2ccc(C#N)cc12)-c1cccc2c(-c3ccc(C(F)(F)F)cc3)ccc-4c12. The zero-order valence-electron chi connectivity index (χ0n) is 31.2. The van der Waals surface area contributed by atoms with Crippen LogP contribution in [0.2, 0.25) is 0 Å². The highest BCUT2D eigenvalue weighted by Crippen LogP contribution is 2.53. The van der Waals surface area contributed by atoms with Gasteiger partial charge in [0.05, 0.1) is 40.5 Å². The summed E-state index contributed by atoms with van der Waals surface area (Å²) in [7, 11) is 0. The van der Waals surface area contributed by atoms with Crippen LogP contribution in [0.3, 0.4) is 0 Å². The Morgan fingerprint density at radius 1 is 0.379 bits per heavy atom. The van der Waals surface area contributed by atoms with Crippen molar-refractivity contribution in [2.45, 2.75) is 20.0 Å². The van der Waals surface area contributed by atoms with Crippen molar-refractivity contribution in [2.75, 3.05) is 0 Å². The summed E-state index contributed by atoms with van der Waals surface area (Å²) in [5, 5.41) is 37.4. The van der Waals surface area contributed by atoms with E-state index < -0.39 is 11.7 Å². The minimum absolute atomic E-state index is 0.544. The molecule has 9 aromatic carbocycles. The van der Waals surface area contributed by atoms with Crippen LogP contribution >= 0.6 is 0 Å². The number of alkyl halides is 3. The topological polar surface area (TPSA) is 71.4 Å². The minimum Gasteiger partial charge on any atom is -0.192 e. The fourth-order valence-electron chi connectivity index (χ4n) is 9.07. The number of halogens is 3. The molecule has 0 heterocycles. The van der Waals surface area contributed by atoms with Crippen LogP contribution in [0.5, 0.6) is 0 Å². The first-order valence-corrected chi connectivity index (χ1v) is 18.7. The van der Waals surface area contributed by atoms with E-state index in [0.29, 0.717) is 22.3 Å². The van der Waals surface area contributed by atoms with E-state index >= 15 is 0 Å². The average molecular weight is 752 g/mol. The maximum Gasteiger partial charge on any atom is 0.416 e. The fraction of sp³-hybridized carbons (Fsp3) is 0.0577. The lowest BCUT2D eigenvalue weighted by atomic mass is 9.84. The van der Waals surface area contributed by atoms with Gasteiger partial charge in [-0.1, -0.05) is 60.7 Å². The summed E-state index contributed by atoms with van der Waals surface area (Å²) in [5.41, 5.74) is 12.6. The van der Waals surface area contributed by atoms with Crippen molar-refractivity contribution in [3.8, 4) is 73.8 Å². The largest absolute Gasteiger partial charge is 0.416 e. The first-order chi connectivity index (χ1) is 28.1. The zero-order valence-corrected chi connectivity index (χ0v) is 31.2. The molecule has 10 rings (SSSR count). The minimum atomic E-state index is -4.42. The molecule has 0 spiro atoms. The van der Waals surface area contributed by atoms with Crippen LogP contribution < -0.4 is 0 Å². The molecule has 6 heteroatoms. The van der Waals surface area contributed by atoms with Crippen molar-refractivity contribution in [3.63, 3.8) is 0 Å². The first-order valence-electron chi connectivity index (χ1n) is 18.7. The number of rotatable bonds is 3. The Morgan fingerprint density at radius 2 is 0.845 bits per heavy atom. The van der Waals surface area contributed by atoms with Crippen molar-refractivity contribution in [1.82, 2.24) is 0 Å². The first kappa shape index (κ1) is 34.7. The molecule has 0 aliphatic heterocycles. The second-order valence-electron chi connectivity index (χ2n) is 15.0. The highest BCUT2D eigenvalue weighted by Gasteiger charge is 2.30. The molecule has 0 unspecified atom stereocenters. The summed E-state index contributed by atoms with van der Waals surface area (Å²) in [6, 6.07) is 48.7. The van der Waals surface area contributed by atoms with Crippen LogP contribution in [0.15, 0.2) is 133 Å². The summed E-state index contributed by atoms with van der Waals surface area (Å²) >= 11 is 0. The molecule has 1 aliphatic carbocycles. The quantitative estimate of drug-likeness (QED) is 0.169. The third kappa shape index (κ3) is 5.18. The highest BCUT2D eigenvalue weighted by atomic mass is 19.4. The average Bonchev–Trinajstić information content (AvgIpc) is 3.55. The van der Waals surface area contributed by atoms with E-state index in [1.165, 1.54) is 0 Å². The van der Waals surface area contributed by atoms with Crippen LogP contribution in [-0.4, -0.2) is 0 Å². The molecule has 0 saturated heterocycles. The van der Waals surface area contributed by atoms with Gasteiger partial charge >= 0.3 is 6.18 Å². The van der Waals surface area contributed by atoms with Gasteiger partial charge in [-0.2, -0.15) is 29.0 Å². The van der Waals surface area contributed by atoms with E-state index in [9.17, 15) is 29.0 Å². The fourth-order valence-corrected chi connectivity index (χ4v) is 9.07. The zero-order chi connectivity index (χ0) is 40.0. The van der Waals surface area contributed by atoms with E-state index in [1.54, 1.807) is 12.1 Å². The second kappa shape index (κ2) is 12.7. The van der Waals surface area contributed by atoms with Gasteiger partial charge in [0.15, 0.2) is 0 Å². The van der Waals surface area contributed by atoms with Crippen LogP contribution in [0.1, 0.15) is 33.4 Å². The maximum atomic E-state index is 13.5. The van der Waals surface area contributed by atoms with Gasteiger partial charge in [0.1, 0.15) is 0 Å². The number of benzene rings is 9. The molecule has 0 aromatic heterocycles. The lowest BCUT2D eigenvalue weighted by molar-refractivity contribution is -0.137. The summed E-state index contributed by atoms with van der Waals surface area (Å²) in [5.74, 6) is 0. The van der Waals surface area contributed by atoms with Gasteiger partial charge in [-0.15, -0.1) is 0 Å². The van der Waals surface area contributed by atoms with E-state index in [1.807, 2.05) is 86.6 Å². The Labute approximate surface area is 331 Å². The van der Waals surface area contributed by atoms with Crippen LogP contribution in [0.4, 0.5) is 13.2 Å². The molecule has 3 nitrogen and oxygen atoms in total. The Bertz CT molecular complexity index is 3430. The smallest absolute Gasteiger partial charge is 0.192 e. The highest BCUT2D eigenvalue weighted by molar-refractivity contribution is 6.27. The second-order valence-corrected chi connectivity index (χ2v) is 15.0. The molecule has 9 aromatic rings. The van der Waals surface area contributed by atoms with E-state index in [4.69, 9.17) is 0 Å². The molecule has 272 valence electrons. The molecule has 0 amide bonds. The van der Waals surface area contributed by atoms with Gasteiger partial charge in [0.25, 0.3) is 0 Å². The van der Waals surface area contributed by atoms with Crippen molar-refractivity contribution in [1.29, 1.82) is 15.8 Å². The molecule has 0 bridgehead atoms. The van der Waals surface area contributed by atoms with E-state index in [-0.39, 0.29) is 0 Å². The Kier molecular flexibility index (Phi) is 7.58. The Morgan fingerprint density at radius 3 is 1.43 bits per heavy atom. The standard InChI is InChI=1S/C52H28F3N3/c1-28-18-30(25-56)6-13-35(28)43-22-49-45(38-15-8-32(27-58)20-42(38)43)21-44(36-14-7-31(26-57)19-29(36)2)48-23-46-40-5-3-4-39-37(33-9-11-34(12-10-33)52(53,54)55)16-17-41(51(39)40)47(46)24-50(48)49/h3-24H,1-2H3. The molecule has 0 atom stereocenters. The Balaban J connectivity index is 1.31. The van der Waals surface area contributed by atoms with Crippen LogP contribution in [-0.2, 0) is 6.18 Å². The molecule has 0 fully saturated rings. The molecular formula is C52H28F3N3. The third-order valence-electron chi connectivity index (χ3n) is 11.8. The number of nitrogens with zero attached hydrogens (tertiary/aromatic N) is 3. The molecule has 0 N–H and O–H groups in total. The molecule has 58 heavy (non-hydrogen) atoms. The number of aryl methyl sites for hydroxylation is 2. The monoisotopic (exact) mass is 751 g/mol. The van der Waals surface area contributed by atoms with Gasteiger partial charge in [-0.05, 0) is 196 Å². The third-order valence-corrected chi connectivity index (χ3v) is 11.8. The van der Waals surface area contributed by atoms with E-state index in [0.717, 1.165) is 116 Å². The molecule has 0 saturated carbocycles. The number of fused-ring (bicyclic) bond motifs is 8. The summed E-state index contributed by atoms with van der Waals surface area (Å²) < 4.78 is 40.4. The van der Waals surface area contributed by atoms with Crippen LogP contribution in [0.25, 0.3) is 98.7 Å². The van der Waals surface area contributed by atoms with Crippen LogP contribution in [0, 0.1) is 47.8 Å². The molecule has 0 radical (unpaired) electrons. The number of nitriles is 3. The molecular weight excluding hydrogens is 724 g/mol. The lowest BCUT2D eigenvalue weighted by Gasteiger charge is -2.19. The van der Waals surface area contributed by atoms with Crippen molar-refractivity contribution < 1.29 is 13.2 Å². The van der Waals surface area contributed by atoms with Crippen molar-refractivity contribution in [3.05, 3.63) is 167 Å². The Hall–Kier alpha value is -7.72. The van der Waals surface area contributed by atoms with Gasteiger partial charge in [-0.3, -0.25) is 0 Å². The predicted molar refractivity (Wildman–Crippen MR) is 226 cm³/mol. The lowest BCUT2D eigenvalue weighted by Crippen LogP contribution is -2.04. The van der Waals surface area contributed by atoms with Crippen molar-refractivity contribution >= 4 is 43.1 Å². The number of hydrogen-bond donors (Lipinski definition) is 0. The van der Waals surface area contributed by atoms with Gasteiger partial charge < -0.3 is 0 Å². The summed E-state index contributed by atoms with van der Waals surface area (Å²) in [6.07, 6.45) is -4.42.